The van der Waals surface area contributed by atoms with Crippen LogP contribution in [0.15, 0.2) is 23.6 Å². The highest BCUT2D eigenvalue weighted by Crippen LogP contribution is 2.48. The third-order valence-electron chi connectivity index (χ3n) is 4.07. The second kappa shape index (κ2) is 6.87. The van der Waals surface area contributed by atoms with Gasteiger partial charge in [-0.2, -0.15) is 5.26 Å². The summed E-state index contributed by atoms with van der Waals surface area (Å²) in [6, 6.07) is 5.45. The Morgan fingerprint density at radius 2 is 2.20 bits per heavy atom. The van der Waals surface area contributed by atoms with Gasteiger partial charge in [0, 0.05) is 16.3 Å². The topological polar surface area (TPSA) is 97.0 Å². The number of H-pyrrole nitrogens is 1. The standard InChI is InChI=1S/C17H16Cl2N4O2/c1-3-4-12-14-13(9-5-8(18)6-11(19)15(9)24-2)10(7-20)16(21)25-17(14)23-22-12/h5-6,13H,3-4,21H2,1-2H3,(H,22,23)/t13-/m1/s1. The Balaban J connectivity index is 2.31. The molecular weight excluding hydrogens is 363 g/mol. The van der Waals surface area contributed by atoms with E-state index in [1.54, 1.807) is 12.1 Å². The Kier molecular flexibility index (Phi) is 4.80. The third-order valence-corrected chi connectivity index (χ3v) is 4.57. The van der Waals surface area contributed by atoms with Gasteiger partial charge >= 0.3 is 0 Å². The van der Waals surface area contributed by atoms with Gasteiger partial charge < -0.3 is 15.2 Å². The maximum absolute atomic E-state index is 9.67. The maximum Gasteiger partial charge on any atom is 0.244 e. The highest BCUT2D eigenvalue weighted by atomic mass is 35.5. The number of halogens is 2. The van der Waals surface area contributed by atoms with E-state index in [1.807, 2.05) is 0 Å². The Hall–Kier alpha value is -2.36. The molecule has 0 fully saturated rings. The molecule has 130 valence electrons. The minimum absolute atomic E-state index is 0.00713. The molecule has 6 nitrogen and oxygen atoms in total. The normalized spacial score (nSPS) is 16.2. The molecule has 0 spiro atoms. The molecule has 1 aliphatic heterocycles. The maximum atomic E-state index is 9.67. The molecule has 0 aliphatic carbocycles. The van der Waals surface area contributed by atoms with Crippen LogP contribution in [-0.4, -0.2) is 17.3 Å². The molecule has 0 amide bonds. The molecule has 8 heteroatoms. The van der Waals surface area contributed by atoms with Gasteiger partial charge in [0.2, 0.25) is 11.8 Å². The van der Waals surface area contributed by atoms with E-state index in [-0.39, 0.29) is 11.5 Å². The number of aromatic nitrogens is 2. The quantitative estimate of drug-likeness (QED) is 0.840. The van der Waals surface area contributed by atoms with Crippen LogP contribution in [0.3, 0.4) is 0 Å². The van der Waals surface area contributed by atoms with Gasteiger partial charge in [0.25, 0.3) is 0 Å². The van der Waals surface area contributed by atoms with Crippen LogP contribution in [0.1, 0.15) is 36.1 Å². The molecular formula is C17H16Cl2N4O2. The molecule has 3 rings (SSSR count). The van der Waals surface area contributed by atoms with Crippen LogP contribution in [0.2, 0.25) is 10.0 Å². The van der Waals surface area contributed by atoms with E-state index < -0.39 is 5.92 Å². The Morgan fingerprint density at radius 3 is 2.84 bits per heavy atom. The zero-order valence-electron chi connectivity index (χ0n) is 13.7. The lowest BCUT2D eigenvalue weighted by Gasteiger charge is -2.26. The second-order valence-electron chi connectivity index (χ2n) is 5.61. The van der Waals surface area contributed by atoms with Gasteiger partial charge in [-0.25, -0.2) is 0 Å². The van der Waals surface area contributed by atoms with Gasteiger partial charge in [-0.3, -0.25) is 5.10 Å². The van der Waals surface area contributed by atoms with Crippen LogP contribution in [0.25, 0.3) is 0 Å². The van der Waals surface area contributed by atoms with E-state index in [0.29, 0.717) is 27.2 Å². The number of hydrogen-bond donors (Lipinski definition) is 2. The number of methoxy groups -OCH3 is 1. The summed E-state index contributed by atoms with van der Waals surface area (Å²) in [4.78, 5) is 0. The van der Waals surface area contributed by atoms with Crippen LogP contribution < -0.4 is 15.2 Å². The predicted octanol–water partition coefficient (Wildman–Crippen LogP) is 3.90. The lowest BCUT2D eigenvalue weighted by Crippen LogP contribution is -2.21. The Bertz CT molecular complexity index is 899. The lowest BCUT2D eigenvalue weighted by atomic mass is 9.83. The summed E-state index contributed by atoms with van der Waals surface area (Å²) < 4.78 is 11.0. The van der Waals surface area contributed by atoms with Crippen LogP contribution in [0.5, 0.6) is 11.6 Å². The Labute approximate surface area is 155 Å². The number of allylic oxidation sites excluding steroid dienone is 1. The molecule has 1 aromatic heterocycles. The zero-order valence-corrected chi connectivity index (χ0v) is 15.2. The summed E-state index contributed by atoms with van der Waals surface area (Å²) in [5.41, 5.74) is 8.49. The summed E-state index contributed by atoms with van der Waals surface area (Å²) in [5, 5.41) is 17.6. The van der Waals surface area contributed by atoms with Gasteiger partial charge in [-0.1, -0.05) is 36.5 Å². The highest BCUT2D eigenvalue weighted by molar-refractivity contribution is 6.35. The van der Waals surface area contributed by atoms with Crippen molar-refractivity contribution < 1.29 is 9.47 Å². The number of fused-ring (bicyclic) bond motifs is 1. The monoisotopic (exact) mass is 378 g/mol. The molecule has 1 aliphatic rings. The van der Waals surface area contributed by atoms with Crippen molar-refractivity contribution in [3.05, 3.63) is 50.5 Å². The van der Waals surface area contributed by atoms with Crippen molar-refractivity contribution in [1.29, 1.82) is 5.26 Å². The summed E-state index contributed by atoms with van der Waals surface area (Å²) in [6.07, 6.45) is 1.65. The van der Waals surface area contributed by atoms with E-state index in [4.69, 9.17) is 38.4 Å². The van der Waals surface area contributed by atoms with Crippen molar-refractivity contribution in [2.45, 2.75) is 25.7 Å². The molecule has 3 N–H and O–H groups in total. The summed E-state index contributed by atoms with van der Waals surface area (Å²) in [5.74, 6) is 0.268. The minimum atomic E-state index is -0.528. The summed E-state index contributed by atoms with van der Waals surface area (Å²) >= 11 is 12.5. The first kappa shape index (κ1) is 17.5. The molecule has 2 heterocycles. The third kappa shape index (κ3) is 2.90. The molecule has 1 aromatic carbocycles. The Morgan fingerprint density at radius 1 is 1.44 bits per heavy atom. The number of nitriles is 1. The van der Waals surface area contributed by atoms with E-state index in [9.17, 15) is 5.26 Å². The fourth-order valence-corrected chi connectivity index (χ4v) is 3.66. The van der Waals surface area contributed by atoms with E-state index in [1.165, 1.54) is 7.11 Å². The molecule has 1 atom stereocenters. The summed E-state index contributed by atoms with van der Waals surface area (Å²) in [6.45, 7) is 2.05. The van der Waals surface area contributed by atoms with Gasteiger partial charge in [0.1, 0.15) is 17.4 Å². The van der Waals surface area contributed by atoms with Crippen molar-refractivity contribution in [2.24, 2.45) is 5.73 Å². The number of rotatable bonds is 4. The number of hydrogen-bond acceptors (Lipinski definition) is 5. The van der Waals surface area contributed by atoms with Crippen LogP contribution in [-0.2, 0) is 6.42 Å². The average Bonchev–Trinajstić information content (AvgIpc) is 2.95. The first-order chi connectivity index (χ1) is 12.0. The van der Waals surface area contributed by atoms with Gasteiger partial charge in [0.15, 0.2) is 0 Å². The number of nitrogens with two attached hydrogens (primary N) is 1. The smallest absolute Gasteiger partial charge is 0.244 e. The molecule has 25 heavy (non-hydrogen) atoms. The van der Waals surface area contributed by atoms with Crippen molar-refractivity contribution in [1.82, 2.24) is 10.2 Å². The van der Waals surface area contributed by atoms with Gasteiger partial charge in [-0.05, 0) is 18.6 Å². The highest BCUT2D eigenvalue weighted by Gasteiger charge is 2.37. The molecule has 0 unspecified atom stereocenters. The van der Waals surface area contributed by atoms with Crippen molar-refractivity contribution in [3.63, 3.8) is 0 Å². The van der Waals surface area contributed by atoms with Crippen molar-refractivity contribution in [3.8, 4) is 17.7 Å². The molecule has 0 saturated heterocycles. The van der Waals surface area contributed by atoms with Gasteiger partial charge in [0.05, 0.1) is 23.6 Å². The van der Waals surface area contributed by atoms with Gasteiger partial charge in [-0.15, -0.1) is 5.10 Å². The molecule has 2 aromatic rings. The van der Waals surface area contributed by atoms with Crippen LogP contribution in [0, 0.1) is 11.3 Å². The first-order valence-corrected chi connectivity index (χ1v) is 8.45. The second-order valence-corrected chi connectivity index (χ2v) is 6.45. The van der Waals surface area contributed by atoms with E-state index >= 15 is 0 Å². The number of benzene rings is 1. The number of aromatic amines is 1. The van der Waals surface area contributed by atoms with E-state index in [0.717, 1.165) is 24.1 Å². The lowest BCUT2D eigenvalue weighted by molar-refractivity contribution is 0.375. The predicted molar refractivity (Wildman–Crippen MR) is 94.9 cm³/mol. The van der Waals surface area contributed by atoms with Crippen LogP contribution in [0.4, 0.5) is 0 Å². The SMILES string of the molecule is CCCc1[nH]nc2c1[C@H](c1cc(Cl)cc(Cl)c1OC)C(C#N)=C(N)O2. The molecule has 0 bridgehead atoms. The fourth-order valence-electron chi connectivity index (χ4n) is 3.07. The average molecular weight is 379 g/mol. The number of ether oxygens (including phenoxy) is 2. The van der Waals surface area contributed by atoms with Crippen LogP contribution >= 0.6 is 23.2 Å². The minimum Gasteiger partial charge on any atom is -0.495 e. The zero-order chi connectivity index (χ0) is 18.1. The van der Waals surface area contributed by atoms with Crippen molar-refractivity contribution >= 4 is 23.2 Å². The molecule has 0 saturated carbocycles. The fraction of sp³-hybridized carbons (Fsp3) is 0.294. The molecule has 0 radical (unpaired) electrons. The first-order valence-electron chi connectivity index (χ1n) is 7.69. The number of nitrogens with one attached hydrogen (secondary N) is 1. The largest absolute Gasteiger partial charge is 0.495 e. The number of aryl methyl sites for hydroxylation is 1. The van der Waals surface area contributed by atoms with Crippen molar-refractivity contribution in [2.75, 3.05) is 7.11 Å². The summed E-state index contributed by atoms with van der Waals surface area (Å²) in [7, 11) is 1.51. The number of nitrogens with zero attached hydrogens (tertiary/aromatic N) is 2. The van der Waals surface area contributed by atoms with E-state index in [2.05, 4.69) is 23.2 Å².